The summed E-state index contributed by atoms with van der Waals surface area (Å²) in [5, 5.41) is 7.26. The lowest BCUT2D eigenvalue weighted by molar-refractivity contribution is 0.0651. The van der Waals surface area contributed by atoms with E-state index >= 15 is 0 Å². The molecule has 2 aromatic heterocycles. The van der Waals surface area contributed by atoms with Crippen molar-refractivity contribution < 1.29 is 4.79 Å². The van der Waals surface area contributed by atoms with Crippen molar-refractivity contribution in [3.63, 3.8) is 0 Å². The van der Waals surface area contributed by atoms with E-state index in [4.69, 9.17) is 0 Å². The van der Waals surface area contributed by atoms with Crippen LogP contribution >= 0.6 is 11.3 Å². The van der Waals surface area contributed by atoms with Crippen LogP contribution in [-0.4, -0.2) is 39.1 Å². The largest absolute Gasteiger partial charge is 0.337 e. The van der Waals surface area contributed by atoms with Crippen molar-refractivity contribution >= 4 is 17.2 Å². The molecule has 6 heteroatoms. The predicted octanol–water partition coefficient (Wildman–Crippen LogP) is 2.68. The summed E-state index contributed by atoms with van der Waals surface area (Å²) in [6.45, 7) is 7.72. The Balaban J connectivity index is 1.85. The number of aromatic amines is 1. The molecule has 0 aromatic carbocycles. The number of piperidine rings is 1. The summed E-state index contributed by atoms with van der Waals surface area (Å²) in [4.78, 5) is 19.6. The molecule has 1 atom stereocenters. The Morgan fingerprint density at radius 2 is 2.29 bits per heavy atom. The molecule has 0 radical (unpaired) electrons. The van der Waals surface area contributed by atoms with Gasteiger partial charge in [0.1, 0.15) is 4.88 Å². The second-order valence-electron chi connectivity index (χ2n) is 6.09. The Labute approximate surface area is 128 Å². The van der Waals surface area contributed by atoms with E-state index in [9.17, 15) is 4.79 Å². The SMILES string of the molecule is Cc1cn[nH]c1[C@@]1(C)CCCN(C(=O)c2scnc2C)C1. The van der Waals surface area contributed by atoms with Gasteiger partial charge in [-0.2, -0.15) is 5.10 Å². The fourth-order valence-corrected chi connectivity index (χ4v) is 3.99. The number of hydrogen-bond donors (Lipinski definition) is 1. The van der Waals surface area contributed by atoms with Crippen LogP contribution in [-0.2, 0) is 5.41 Å². The molecule has 0 spiro atoms. The van der Waals surface area contributed by atoms with E-state index in [1.807, 2.05) is 18.0 Å². The number of carbonyl (C=O) groups excluding carboxylic acids is 1. The van der Waals surface area contributed by atoms with Crippen molar-refractivity contribution in [2.24, 2.45) is 0 Å². The van der Waals surface area contributed by atoms with Gasteiger partial charge in [0.25, 0.3) is 5.91 Å². The lowest BCUT2D eigenvalue weighted by atomic mass is 9.77. The van der Waals surface area contributed by atoms with Crippen molar-refractivity contribution in [3.8, 4) is 0 Å². The molecule has 0 saturated carbocycles. The smallest absolute Gasteiger partial charge is 0.265 e. The Hall–Kier alpha value is -1.69. The molecule has 0 unspecified atom stereocenters. The summed E-state index contributed by atoms with van der Waals surface area (Å²) in [6, 6.07) is 0. The fourth-order valence-electron chi connectivity index (χ4n) is 3.22. The average Bonchev–Trinajstić information content (AvgIpc) is 3.07. The summed E-state index contributed by atoms with van der Waals surface area (Å²) < 4.78 is 0. The van der Waals surface area contributed by atoms with Crippen LogP contribution < -0.4 is 0 Å². The molecule has 1 saturated heterocycles. The van der Waals surface area contributed by atoms with Crippen molar-refractivity contribution in [1.29, 1.82) is 0 Å². The number of nitrogens with zero attached hydrogens (tertiary/aromatic N) is 3. The quantitative estimate of drug-likeness (QED) is 0.928. The topological polar surface area (TPSA) is 61.9 Å². The normalized spacial score (nSPS) is 22.5. The van der Waals surface area contributed by atoms with E-state index in [2.05, 4.69) is 29.0 Å². The van der Waals surface area contributed by atoms with Gasteiger partial charge in [-0.25, -0.2) is 4.98 Å². The van der Waals surface area contributed by atoms with Crippen LogP contribution in [0.25, 0.3) is 0 Å². The fraction of sp³-hybridized carbons (Fsp3) is 0.533. The zero-order chi connectivity index (χ0) is 15.0. The first-order valence-electron chi connectivity index (χ1n) is 7.21. The van der Waals surface area contributed by atoms with Gasteiger partial charge in [-0.1, -0.05) is 6.92 Å². The third-order valence-electron chi connectivity index (χ3n) is 4.36. The molecule has 21 heavy (non-hydrogen) atoms. The van der Waals surface area contributed by atoms with Crippen LogP contribution in [0.15, 0.2) is 11.7 Å². The predicted molar refractivity (Wildman–Crippen MR) is 82.7 cm³/mol. The van der Waals surface area contributed by atoms with Gasteiger partial charge in [-0.3, -0.25) is 9.89 Å². The molecular formula is C15H20N4OS. The maximum absolute atomic E-state index is 12.7. The number of nitrogens with one attached hydrogen (secondary N) is 1. The number of aryl methyl sites for hydroxylation is 2. The molecule has 0 aliphatic carbocycles. The van der Waals surface area contributed by atoms with E-state index in [0.717, 1.165) is 42.2 Å². The Morgan fingerprint density at radius 1 is 1.48 bits per heavy atom. The van der Waals surface area contributed by atoms with Crippen LogP contribution in [0.4, 0.5) is 0 Å². The third kappa shape index (κ3) is 2.48. The number of aromatic nitrogens is 3. The van der Waals surface area contributed by atoms with Crippen LogP contribution in [0.3, 0.4) is 0 Å². The summed E-state index contributed by atoms with van der Waals surface area (Å²) >= 11 is 1.43. The van der Waals surface area contributed by atoms with Crippen LogP contribution in [0.1, 0.15) is 46.4 Å². The Morgan fingerprint density at radius 3 is 2.90 bits per heavy atom. The number of H-pyrrole nitrogens is 1. The van der Waals surface area contributed by atoms with Gasteiger partial charge in [-0.05, 0) is 32.3 Å². The minimum atomic E-state index is -0.0485. The van der Waals surface area contributed by atoms with Gasteiger partial charge in [0.2, 0.25) is 0 Å². The van der Waals surface area contributed by atoms with Crippen molar-refractivity contribution in [3.05, 3.63) is 33.5 Å². The standard InChI is InChI=1S/C15H20N4OS/c1-10-7-17-18-13(10)15(3)5-4-6-19(8-15)14(20)12-11(2)16-9-21-12/h7,9H,4-6,8H2,1-3H3,(H,17,18)/t15-/m0/s1. The number of likely N-dealkylation sites (tertiary alicyclic amines) is 1. The van der Waals surface area contributed by atoms with E-state index in [1.54, 1.807) is 5.51 Å². The molecule has 1 aliphatic heterocycles. The van der Waals surface area contributed by atoms with Crippen LogP contribution in [0.5, 0.6) is 0 Å². The highest BCUT2D eigenvalue weighted by Crippen LogP contribution is 2.35. The van der Waals surface area contributed by atoms with Gasteiger partial charge < -0.3 is 4.90 Å². The summed E-state index contributed by atoms with van der Waals surface area (Å²) in [5.41, 5.74) is 4.84. The maximum atomic E-state index is 12.7. The molecule has 112 valence electrons. The van der Waals surface area contributed by atoms with Crippen LogP contribution in [0.2, 0.25) is 0 Å². The van der Waals surface area contributed by atoms with Crippen molar-refractivity contribution in [1.82, 2.24) is 20.1 Å². The molecule has 0 bridgehead atoms. The van der Waals surface area contributed by atoms with Gasteiger partial charge in [0.05, 0.1) is 17.4 Å². The highest BCUT2D eigenvalue weighted by Gasteiger charge is 2.37. The monoisotopic (exact) mass is 304 g/mol. The molecule has 2 aromatic rings. The van der Waals surface area contributed by atoms with E-state index in [-0.39, 0.29) is 11.3 Å². The zero-order valence-electron chi connectivity index (χ0n) is 12.6. The molecule has 1 amide bonds. The molecular weight excluding hydrogens is 284 g/mol. The maximum Gasteiger partial charge on any atom is 0.265 e. The number of carbonyl (C=O) groups is 1. The summed E-state index contributed by atoms with van der Waals surface area (Å²) in [5.74, 6) is 0.109. The third-order valence-corrected chi connectivity index (χ3v) is 5.27. The first kappa shape index (κ1) is 14.3. The second-order valence-corrected chi connectivity index (χ2v) is 6.94. The number of hydrogen-bond acceptors (Lipinski definition) is 4. The lowest BCUT2D eigenvalue weighted by Crippen LogP contribution is -2.47. The second kappa shape index (κ2) is 5.26. The first-order valence-corrected chi connectivity index (χ1v) is 8.09. The number of amides is 1. The average molecular weight is 304 g/mol. The van der Waals surface area contributed by atoms with E-state index in [1.165, 1.54) is 16.9 Å². The van der Waals surface area contributed by atoms with E-state index < -0.39 is 0 Å². The number of thiazole rings is 1. The highest BCUT2D eigenvalue weighted by molar-refractivity contribution is 7.11. The highest BCUT2D eigenvalue weighted by atomic mass is 32.1. The van der Waals surface area contributed by atoms with Gasteiger partial charge in [0, 0.05) is 24.2 Å². The minimum absolute atomic E-state index is 0.0485. The van der Waals surface area contributed by atoms with Crippen LogP contribution in [0, 0.1) is 13.8 Å². The number of rotatable bonds is 2. The van der Waals surface area contributed by atoms with Crippen molar-refractivity contribution in [2.45, 2.75) is 39.0 Å². The van der Waals surface area contributed by atoms with Gasteiger partial charge in [-0.15, -0.1) is 11.3 Å². The first-order chi connectivity index (χ1) is 10.0. The molecule has 3 rings (SSSR count). The minimum Gasteiger partial charge on any atom is -0.337 e. The summed E-state index contributed by atoms with van der Waals surface area (Å²) in [7, 11) is 0. The van der Waals surface area contributed by atoms with Crippen molar-refractivity contribution in [2.75, 3.05) is 13.1 Å². The molecule has 1 fully saturated rings. The Bertz CT molecular complexity index is 662. The molecule has 3 heterocycles. The molecule has 5 nitrogen and oxygen atoms in total. The van der Waals surface area contributed by atoms with Gasteiger partial charge in [0.15, 0.2) is 0 Å². The molecule has 1 N–H and O–H groups in total. The summed E-state index contributed by atoms with van der Waals surface area (Å²) in [6.07, 6.45) is 3.94. The van der Waals surface area contributed by atoms with Gasteiger partial charge >= 0.3 is 0 Å². The molecule has 1 aliphatic rings. The van der Waals surface area contributed by atoms with E-state index in [0.29, 0.717) is 0 Å². The lowest BCUT2D eigenvalue weighted by Gasteiger charge is -2.40. The Kier molecular flexibility index (Phi) is 3.57. The zero-order valence-corrected chi connectivity index (χ0v) is 13.5.